The van der Waals surface area contributed by atoms with Crippen LogP contribution in [0.4, 0.5) is 0 Å². The van der Waals surface area contributed by atoms with E-state index in [1.54, 1.807) is 4.90 Å². The fourth-order valence-electron chi connectivity index (χ4n) is 5.51. The van der Waals surface area contributed by atoms with Crippen LogP contribution in [0.3, 0.4) is 0 Å². The number of amides is 4. The van der Waals surface area contributed by atoms with E-state index in [4.69, 9.17) is 4.74 Å². The Kier molecular flexibility index (Phi) is 10.3. The van der Waals surface area contributed by atoms with Crippen molar-refractivity contribution in [2.24, 2.45) is 5.92 Å². The van der Waals surface area contributed by atoms with E-state index in [1.807, 2.05) is 44.2 Å². The molecular formula is C30H42N4O6. The third-order valence-electron chi connectivity index (χ3n) is 8.27. The first kappa shape index (κ1) is 29.7. The Bertz CT molecular complexity index is 1080. The molecule has 0 aromatic heterocycles. The zero-order valence-corrected chi connectivity index (χ0v) is 23.5. The van der Waals surface area contributed by atoms with Crippen molar-refractivity contribution < 1.29 is 28.7 Å². The standard InChI is InChI=1S/C30H42N4O6/c1-3-19(2)26-30(39)34-16-10-14-23(34)29(38)31-21(13-8-5-9-15-24(35)25-18-40-25)27(36)32-22(28(37)33-26)17-20-11-6-4-7-12-20/h4,6-7,11-12,19,21-23,25-26H,3,5,8-10,13-18H2,1-2H3,(H,31,38)(H,32,36)(H,33,37). The van der Waals surface area contributed by atoms with Crippen molar-refractivity contribution in [3.63, 3.8) is 0 Å². The van der Waals surface area contributed by atoms with Gasteiger partial charge in [0.25, 0.3) is 0 Å². The van der Waals surface area contributed by atoms with E-state index in [0.29, 0.717) is 58.1 Å². The van der Waals surface area contributed by atoms with E-state index in [2.05, 4.69) is 16.0 Å². The van der Waals surface area contributed by atoms with E-state index in [0.717, 1.165) is 12.0 Å². The molecule has 218 valence electrons. The van der Waals surface area contributed by atoms with Gasteiger partial charge < -0.3 is 25.6 Å². The molecule has 10 nitrogen and oxygen atoms in total. The van der Waals surface area contributed by atoms with Crippen LogP contribution in [0.5, 0.6) is 0 Å². The fraction of sp³-hybridized carbons (Fsp3) is 0.633. The average molecular weight is 555 g/mol. The Labute approximate surface area is 236 Å². The topological polar surface area (TPSA) is 137 Å². The number of Topliss-reactive ketones (excluding diaryl/α,β-unsaturated/α-hetero) is 1. The largest absolute Gasteiger partial charge is 0.365 e. The molecule has 40 heavy (non-hydrogen) atoms. The van der Waals surface area contributed by atoms with E-state index in [-0.39, 0.29) is 36.0 Å². The third kappa shape index (κ3) is 7.68. The van der Waals surface area contributed by atoms with E-state index in [9.17, 15) is 24.0 Å². The van der Waals surface area contributed by atoms with Gasteiger partial charge >= 0.3 is 0 Å². The van der Waals surface area contributed by atoms with Gasteiger partial charge in [0.2, 0.25) is 23.6 Å². The summed E-state index contributed by atoms with van der Waals surface area (Å²) in [6, 6.07) is 6.14. The molecule has 6 atom stereocenters. The van der Waals surface area contributed by atoms with Crippen LogP contribution in [-0.4, -0.2) is 77.7 Å². The number of carbonyl (C=O) groups is 5. The summed E-state index contributed by atoms with van der Waals surface area (Å²) in [5, 5.41) is 8.71. The summed E-state index contributed by atoms with van der Waals surface area (Å²) >= 11 is 0. The van der Waals surface area contributed by atoms with Gasteiger partial charge in [-0.1, -0.05) is 63.4 Å². The lowest BCUT2D eigenvalue weighted by molar-refractivity contribution is -0.144. The summed E-state index contributed by atoms with van der Waals surface area (Å²) < 4.78 is 5.03. The normalized spacial score (nSPS) is 27.9. The van der Waals surface area contributed by atoms with Crippen LogP contribution in [0, 0.1) is 5.92 Å². The van der Waals surface area contributed by atoms with Crippen molar-refractivity contribution in [1.82, 2.24) is 20.9 Å². The SMILES string of the molecule is CCC(C)C1NC(=O)C(Cc2ccccc2)NC(=O)C(CCCCCC(=O)C2CO2)NC(=O)C2CCCN2C1=O. The van der Waals surface area contributed by atoms with Gasteiger partial charge in [-0.05, 0) is 37.2 Å². The molecule has 3 fully saturated rings. The highest BCUT2D eigenvalue weighted by atomic mass is 16.6. The summed E-state index contributed by atoms with van der Waals surface area (Å²) in [7, 11) is 0. The Morgan fingerprint density at radius 3 is 2.38 bits per heavy atom. The maximum absolute atomic E-state index is 13.7. The van der Waals surface area contributed by atoms with Gasteiger partial charge in [-0.15, -0.1) is 0 Å². The molecule has 0 aliphatic carbocycles. The molecule has 3 heterocycles. The molecule has 0 radical (unpaired) electrons. The van der Waals surface area contributed by atoms with Crippen molar-refractivity contribution >= 4 is 29.4 Å². The number of nitrogens with one attached hydrogen (secondary N) is 3. The zero-order valence-electron chi connectivity index (χ0n) is 23.5. The Morgan fingerprint density at radius 1 is 0.975 bits per heavy atom. The van der Waals surface area contributed by atoms with Crippen LogP contribution in [0.25, 0.3) is 0 Å². The highest BCUT2D eigenvalue weighted by molar-refractivity contribution is 5.98. The number of hydrogen-bond donors (Lipinski definition) is 3. The quantitative estimate of drug-likeness (QED) is 0.281. The molecular weight excluding hydrogens is 512 g/mol. The molecule has 3 saturated heterocycles. The summed E-state index contributed by atoms with van der Waals surface area (Å²) in [6.07, 6.45) is 4.67. The minimum atomic E-state index is -0.918. The van der Waals surface area contributed by atoms with Crippen LogP contribution in [0.1, 0.15) is 70.8 Å². The predicted octanol–water partition coefficient (Wildman–Crippen LogP) is 1.65. The van der Waals surface area contributed by atoms with E-state index >= 15 is 0 Å². The summed E-state index contributed by atoms with van der Waals surface area (Å²) in [6.45, 7) is 4.80. The van der Waals surface area contributed by atoms with Crippen molar-refractivity contribution in [2.45, 2.75) is 102 Å². The molecule has 4 amide bonds. The first-order valence-corrected chi connectivity index (χ1v) is 14.7. The lowest BCUT2D eigenvalue weighted by atomic mass is 9.95. The molecule has 0 saturated carbocycles. The molecule has 1 aromatic carbocycles. The summed E-state index contributed by atoms with van der Waals surface area (Å²) in [5.41, 5.74) is 0.867. The Balaban J connectivity index is 1.53. The molecule has 0 spiro atoms. The third-order valence-corrected chi connectivity index (χ3v) is 8.27. The van der Waals surface area contributed by atoms with Crippen molar-refractivity contribution in [3.8, 4) is 0 Å². The number of benzene rings is 1. The number of carbonyl (C=O) groups excluding carboxylic acids is 5. The monoisotopic (exact) mass is 554 g/mol. The molecule has 3 N–H and O–H groups in total. The number of fused-ring (bicyclic) bond motifs is 1. The minimum Gasteiger partial charge on any atom is -0.365 e. The maximum Gasteiger partial charge on any atom is 0.246 e. The summed E-state index contributed by atoms with van der Waals surface area (Å²) in [5.74, 6) is -1.49. The number of ketones is 1. The smallest absolute Gasteiger partial charge is 0.246 e. The van der Waals surface area contributed by atoms with Crippen LogP contribution < -0.4 is 16.0 Å². The number of hydrogen-bond acceptors (Lipinski definition) is 6. The highest BCUT2D eigenvalue weighted by Crippen LogP contribution is 2.23. The molecule has 4 rings (SSSR count). The Hall–Kier alpha value is -3.27. The number of unbranched alkanes of at least 4 members (excludes halogenated alkanes) is 2. The van der Waals surface area contributed by atoms with Gasteiger partial charge in [0.05, 0.1) is 6.61 Å². The average Bonchev–Trinajstić information content (AvgIpc) is 3.69. The van der Waals surface area contributed by atoms with Crippen molar-refractivity contribution in [2.75, 3.05) is 13.2 Å². The first-order valence-electron chi connectivity index (χ1n) is 14.7. The van der Waals surface area contributed by atoms with Crippen LogP contribution in [-0.2, 0) is 35.1 Å². The lowest BCUT2D eigenvalue weighted by Gasteiger charge is -2.34. The molecule has 6 unspecified atom stereocenters. The van der Waals surface area contributed by atoms with Crippen LogP contribution in [0.15, 0.2) is 30.3 Å². The van der Waals surface area contributed by atoms with Crippen LogP contribution >= 0.6 is 0 Å². The van der Waals surface area contributed by atoms with Gasteiger partial charge in [-0.3, -0.25) is 24.0 Å². The highest BCUT2D eigenvalue weighted by Gasteiger charge is 2.41. The predicted molar refractivity (Wildman–Crippen MR) is 148 cm³/mol. The molecule has 3 aliphatic rings. The second-order valence-electron chi connectivity index (χ2n) is 11.3. The van der Waals surface area contributed by atoms with Gasteiger partial charge in [0.1, 0.15) is 30.3 Å². The maximum atomic E-state index is 13.7. The Morgan fingerprint density at radius 2 is 1.68 bits per heavy atom. The number of nitrogens with zero attached hydrogens (tertiary/aromatic N) is 1. The number of rotatable bonds is 11. The van der Waals surface area contributed by atoms with E-state index in [1.165, 1.54) is 0 Å². The summed E-state index contributed by atoms with van der Waals surface area (Å²) in [4.78, 5) is 67.8. The van der Waals surface area contributed by atoms with Crippen LogP contribution in [0.2, 0.25) is 0 Å². The first-order chi connectivity index (χ1) is 19.3. The molecule has 1 aromatic rings. The molecule has 0 bridgehead atoms. The number of epoxide rings is 1. The van der Waals surface area contributed by atoms with E-state index < -0.39 is 36.0 Å². The molecule has 10 heteroatoms. The lowest BCUT2D eigenvalue weighted by Crippen LogP contribution is -2.62. The van der Waals surface area contributed by atoms with Gasteiger partial charge in [0.15, 0.2) is 5.78 Å². The fourth-order valence-corrected chi connectivity index (χ4v) is 5.51. The zero-order chi connectivity index (χ0) is 28.6. The number of ether oxygens (including phenoxy) is 1. The second kappa shape index (κ2) is 13.9. The van der Waals surface area contributed by atoms with Crippen molar-refractivity contribution in [3.05, 3.63) is 35.9 Å². The van der Waals surface area contributed by atoms with Crippen molar-refractivity contribution in [1.29, 1.82) is 0 Å². The second-order valence-corrected chi connectivity index (χ2v) is 11.3. The van der Waals surface area contributed by atoms with Gasteiger partial charge in [-0.2, -0.15) is 0 Å². The van der Waals surface area contributed by atoms with Gasteiger partial charge in [0, 0.05) is 19.4 Å². The molecule has 3 aliphatic heterocycles. The van der Waals surface area contributed by atoms with Gasteiger partial charge in [-0.25, -0.2) is 0 Å². The minimum absolute atomic E-state index is 0.105.